The summed E-state index contributed by atoms with van der Waals surface area (Å²) in [5, 5.41) is 25.0. The summed E-state index contributed by atoms with van der Waals surface area (Å²) in [6.45, 7) is 6.18. The lowest BCUT2D eigenvalue weighted by atomic mass is 9.70. The van der Waals surface area contributed by atoms with E-state index in [0.29, 0.717) is 52.0 Å². The van der Waals surface area contributed by atoms with Gasteiger partial charge in [0.2, 0.25) is 0 Å². The number of ketones is 3. The summed E-state index contributed by atoms with van der Waals surface area (Å²) in [6.07, 6.45) is 1.18. The molecule has 0 spiro atoms. The molecule has 0 fully saturated rings. The second kappa shape index (κ2) is 11.4. The highest BCUT2D eigenvalue weighted by atomic mass is 32.2. The first-order chi connectivity index (χ1) is 20.8. The number of allylic oxidation sites excluding steroid dienone is 4. The molecule has 0 amide bonds. The molecule has 0 unspecified atom stereocenters. The Kier molecular flexibility index (Phi) is 7.93. The number of nitrogens with one attached hydrogen (secondary N) is 2. The van der Waals surface area contributed by atoms with E-state index in [0.717, 1.165) is 0 Å². The number of fused-ring (bicyclic) bond motifs is 4. The van der Waals surface area contributed by atoms with Gasteiger partial charge in [-0.3, -0.25) is 19.2 Å². The van der Waals surface area contributed by atoms with E-state index in [1.54, 1.807) is 19.1 Å². The summed E-state index contributed by atoms with van der Waals surface area (Å²) in [5.41, 5.74) is -1.26. The number of phenols is 2. The number of H-pyrrole nitrogens is 1. The molecule has 4 N–H and O–H groups in total. The second-order valence-corrected chi connectivity index (χ2v) is 11.7. The number of phenolic OH excluding ortho intramolecular Hbond substituents is 2. The van der Waals surface area contributed by atoms with Crippen molar-refractivity contribution in [3.63, 3.8) is 0 Å². The molecule has 0 bridgehead atoms. The van der Waals surface area contributed by atoms with Gasteiger partial charge in [0.1, 0.15) is 39.8 Å². The number of nitrogens with zero attached hydrogens (tertiary/aromatic N) is 1. The van der Waals surface area contributed by atoms with Gasteiger partial charge in [-0.15, -0.1) is 0 Å². The van der Waals surface area contributed by atoms with Crippen LogP contribution in [0.2, 0.25) is 0 Å². The van der Waals surface area contributed by atoms with Crippen LogP contribution in [0.4, 0.5) is 0 Å². The average molecular weight is 622 g/mol. The van der Waals surface area contributed by atoms with Gasteiger partial charge < -0.3 is 34.7 Å². The molecular formula is C31H31N3O9S. The van der Waals surface area contributed by atoms with Crippen molar-refractivity contribution in [1.29, 1.82) is 0 Å². The number of rotatable bonds is 9. The molecule has 230 valence electrons. The molecule has 1 aliphatic heterocycles. The Bertz CT molecular complexity index is 1890. The maximum absolute atomic E-state index is 13.9. The third kappa shape index (κ3) is 4.77. The van der Waals surface area contributed by atoms with Crippen LogP contribution in [0.1, 0.15) is 48.1 Å². The van der Waals surface area contributed by atoms with Gasteiger partial charge in [-0.2, -0.15) is 11.8 Å². The van der Waals surface area contributed by atoms with Crippen LogP contribution in [0.3, 0.4) is 0 Å². The van der Waals surface area contributed by atoms with Crippen LogP contribution in [-0.4, -0.2) is 64.0 Å². The number of aromatic hydroxyl groups is 2. The zero-order chi connectivity index (χ0) is 32.1. The number of hydrogen-bond acceptors (Lipinski definition) is 12. The summed E-state index contributed by atoms with van der Waals surface area (Å²) in [6, 6.07) is 3.22. The van der Waals surface area contributed by atoms with Crippen molar-refractivity contribution >= 4 is 40.0 Å². The molecule has 2 heterocycles. The molecule has 13 heteroatoms. The number of thioether (sulfide) groups is 1. The summed E-state index contributed by atoms with van der Waals surface area (Å²) in [7, 11) is 2.99. The molecule has 1 atom stereocenters. The summed E-state index contributed by atoms with van der Waals surface area (Å²) >= 11 is 1.48. The Hall–Kier alpha value is -4.78. The lowest BCUT2D eigenvalue weighted by Gasteiger charge is -2.29. The van der Waals surface area contributed by atoms with Crippen molar-refractivity contribution in [2.45, 2.75) is 38.9 Å². The zero-order valence-corrected chi connectivity index (χ0v) is 25.8. The predicted octanol–water partition coefficient (Wildman–Crippen LogP) is 3.35. The van der Waals surface area contributed by atoms with Gasteiger partial charge >= 0.3 is 0 Å². The Labute approximate surface area is 256 Å². The van der Waals surface area contributed by atoms with Gasteiger partial charge in [-0.25, -0.2) is 4.98 Å². The molecule has 2 aromatic carbocycles. The quantitative estimate of drug-likeness (QED) is 0.119. The van der Waals surface area contributed by atoms with Crippen LogP contribution in [0.5, 0.6) is 28.7 Å². The first kappa shape index (κ1) is 30.7. The Morgan fingerprint density at radius 3 is 2.45 bits per heavy atom. The van der Waals surface area contributed by atoms with Gasteiger partial charge in [0, 0.05) is 35.7 Å². The normalized spacial score (nSPS) is 18.4. The van der Waals surface area contributed by atoms with E-state index in [1.165, 1.54) is 52.8 Å². The van der Waals surface area contributed by atoms with Crippen molar-refractivity contribution in [3.8, 4) is 28.7 Å². The standard InChI is InChI=1S/C31H31N3O9S/c1-13-26(37)24(15(3)35)28-25(27(13)38)31(4)21(43-28)11-18(36)23(29(31)39)14(2)32-7-8-44-12-22-33-17-10-20(42-6)19(41-5)9-16(17)30(40)34-22/h9-11,32,37-38H,7-8,12H2,1-6H3,(H,33,34,40)/b23-14+/t31-/m0/s1. The molecule has 0 saturated heterocycles. The highest BCUT2D eigenvalue weighted by Crippen LogP contribution is 2.57. The molecular weight excluding hydrogens is 590 g/mol. The van der Waals surface area contributed by atoms with Gasteiger partial charge in [0.15, 0.2) is 28.8 Å². The monoisotopic (exact) mass is 621 g/mol. The first-order valence-electron chi connectivity index (χ1n) is 13.6. The molecule has 3 aromatic rings. The number of ether oxygens (including phenoxy) is 3. The van der Waals surface area contributed by atoms with E-state index < -0.39 is 28.5 Å². The minimum atomic E-state index is -1.58. The fourth-order valence-electron chi connectivity index (χ4n) is 5.51. The van der Waals surface area contributed by atoms with Crippen LogP contribution in [0, 0.1) is 6.92 Å². The van der Waals surface area contributed by atoms with E-state index in [1.807, 2.05) is 0 Å². The number of Topliss-reactive ketones (excluding diaryl/α,β-unsaturated/α-hetero) is 2. The number of aromatic nitrogens is 2. The molecule has 0 radical (unpaired) electrons. The van der Waals surface area contributed by atoms with E-state index in [4.69, 9.17) is 14.2 Å². The van der Waals surface area contributed by atoms with Gasteiger partial charge in [0.25, 0.3) is 5.56 Å². The molecule has 12 nitrogen and oxygen atoms in total. The van der Waals surface area contributed by atoms with Crippen LogP contribution in [0.25, 0.3) is 10.9 Å². The van der Waals surface area contributed by atoms with Crippen molar-refractivity contribution in [3.05, 3.63) is 68.1 Å². The van der Waals surface area contributed by atoms with Crippen LogP contribution in [0.15, 0.2) is 40.0 Å². The maximum atomic E-state index is 13.9. The van der Waals surface area contributed by atoms with Crippen LogP contribution >= 0.6 is 11.8 Å². The number of benzene rings is 2. The largest absolute Gasteiger partial charge is 0.507 e. The molecule has 2 aliphatic rings. The average Bonchev–Trinajstić information content (AvgIpc) is 3.27. The number of methoxy groups -OCH3 is 2. The fraction of sp³-hybridized carbons (Fsp3) is 0.323. The van der Waals surface area contributed by atoms with Crippen molar-refractivity contribution in [2.24, 2.45) is 0 Å². The Balaban J connectivity index is 1.32. The smallest absolute Gasteiger partial charge is 0.258 e. The molecule has 1 aliphatic carbocycles. The lowest BCUT2D eigenvalue weighted by molar-refractivity contribution is -0.123. The van der Waals surface area contributed by atoms with Gasteiger partial charge in [-0.05, 0) is 33.8 Å². The van der Waals surface area contributed by atoms with E-state index in [-0.39, 0.29) is 45.1 Å². The highest BCUT2D eigenvalue weighted by molar-refractivity contribution is 7.98. The van der Waals surface area contributed by atoms with Gasteiger partial charge in [-0.1, -0.05) is 0 Å². The number of carbonyl (C=O) groups is 3. The van der Waals surface area contributed by atoms with Gasteiger partial charge in [0.05, 0.1) is 42.0 Å². The van der Waals surface area contributed by atoms with Crippen molar-refractivity contribution in [1.82, 2.24) is 15.3 Å². The summed E-state index contributed by atoms with van der Waals surface area (Å²) in [4.78, 5) is 59.3. The number of hydrogen-bond donors (Lipinski definition) is 4. The van der Waals surface area contributed by atoms with Crippen molar-refractivity contribution < 1.29 is 38.8 Å². The summed E-state index contributed by atoms with van der Waals surface area (Å²) < 4.78 is 16.4. The molecule has 1 aromatic heterocycles. The number of aromatic amines is 1. The lowest BCUT2D eigenvalue weighted by Crippen LogP contribution is -2.41. The Morgan fingerprint density at radius 1 is 1.11 bits per heavy atom. The highest BCUT2D eigenvalue weighted by Gasteiger charge is 2.56. The SMILES string of the molecule is COc1cc2nc(CSCCN/C(C)=C3\C(=O)C=C4Oc5c(C(C)=O)c(O)c(C)c(O)c5[C@@]4(C)C3=O)[nH]c(=O)c2cc1OC. The third-order valence-electron chi connectivity index (χ3n) is 7.89. The zero-order valence-electron chi connectivity index (χ0n) is 25.0. The van der Waals surface area contributed by atoms with E-state index in [2.05, 4.69) is 15.3 Å². The Morgan fingerprint density at radius 2 is 1.80 bits per heavy atom. The minimum absolute atomic E-state index is 0.0228. The minimum Gasteiger partial charge on any atom is -0.507 e. The van der Waals surface area contributed by atoms with Crippen molar-refractivity contribution in [2.75, 3.05) is 26.5 Å². The van der Waals surface area contributed by atoms with Crippen LogP contribution < -0.4 is 25.1 Å². The summed E-state index contributed by atoms with van der Waals surface area (Å²) in [5.74, 6) is -0.358. The first-order valence-corrected chi connectivity index (χ1v) is 14.8. The van der Waals surface area contributed by atoms with Crippen LogP contribution in [-0.2, 0) is 20.8 Å². The molecule has 44 heavy (non-hydrogen) atoms. The molecule has 0 saturated carbocycles. The fourth-order valence-corrected chi connectivity index (χ4v) is 6.23. The topological polar surface area (TPSA) is 177 Å². The second-order valence-electron chi connectivity index (χ2n) is 10.6. The van der Waals surface area contributed by atoms with E-state index in [9.17, 15) is 29.4 Å². The molecule has 5 rings (SSSR count). The maximum Gasteiger partial charge on any atom is 0.258 e. The third-order valence-corrected chi connectivity index (χ3v) is 8.87. The van der Waals surface area contributed by atoms with E-state index >= 15 is 0 Å². The number of carbonyl (C=O) groups excluding carboxylic acids is 3. The predicted molar refractivity (Wildman–Crippen MR) is 163 cm³/mol.